The molecule has 1 aliphatic rings. The van der Waals surface area contributed by atoms with Gasteiger partial charge in [-0.3, -0.25) is 9.59 Å². The molecule has 4 nitrogen and oxygen atoms in total. The molecule has 0 saturated carbocycles. The van der Waals surface area contributed by atoms with E-state index in [9.17, 15) is 9.59 Å². The second-order valence-corrected chi connectivity index (χ2v) is 1.45. The Morgan fingerprint density at radius 1 is 1.33 bits per heavy atom. The number of hydrogen-bond acceptors (Lipinski definition) is 3. The maximum Gasteiger partial charge on any atom is 0.267 e. The Kier molecular flexibility index (Phi) is 1.04. The second kappa shape index (κ2) is 1.71. The predicted molar refractivity (Wildman–Crippen MR) is 26.6 cm³/mol. The van der Waals surface area contributed by atoms with Gasteiger partial charge in [0.15, 0.2) is 6.19 Å². The van der Waals surface area contributed by atoms with E-state index in [1.165, 1.54) is 6.19 Å². The minimum atomic E-state index is -0.567. The van der Waals surface area contributed by atoms with Crippen LogP contribution in [0.25, 0.3) is 0 Å². The van der Waals surface area contributed by atoms with Gasteiger partial charge in [0.2, 0.25) is 0 Å². The molecule has 1 aliphatic heterocycles. The molecule has 0 saturated heterocycles. The zero-order valence-electron chi connectivity index (χ0n) is 4.37. The molecule has 0 unspecified atom stereocenters. The predicted octanol–water partition coefficient (Wildman–Crippen LogP) is -0.608. The summed E-state index contributed by atoms with van der Waals surface area (Å²) in [6.07, 6.45) is 3.56. The van der Waals surface area contributed by atoms with Crippen molar-refractivity contribution in [3.8, 4) is 6.19 Å². The topological polar surface area (TPSA) is 61.2 Å². The lowest BCUT2D eigenvalue weighted by Gasteiger charge is -1.96. The molecular formula is C5H2N2O2. The fourth-order valence-corrected chi connectivity index (χ4v) is 0.499. The van der Waals surface area contributed by atoms with E-state index >= 15 is 0 Å². The average Bonchev–Trinajstić information content (AvgIpc) is 2.12. The van der Waals surface area contributed by atoms with Crippen molar-refractivity contribution in [3.63, 3.8) is 0 Å². The standard InChI is InChI=1S/C5H2N2O2/c6-3-7-4(8)1-2-5(7)9/h1-2H. The van der Waals surface area contributed by atoms with Crippen LogP contribution >= 0.6 is 0 Å². The van der Waals surface area contributed by atoms with Crippen LogP contribution in [0, 0.1) is 11.5 Å². The molecule has 0 bridgehead atoms. The molecule has 0 aromatic heterocycles. The van der Waals surface area contributed by atoms with Crippen molar-refractivity contribution in [3.05, 3.63) is 12.2 Å². The van der Waals surface area contributed by atoms with Crippen molar-refractivity contribution >= 4 is 11.8 Å². The van der Waals surface area contributed by atoms with Gasteiger partial charge in [-0.2, -0.15) is 10.2 Å². The number of hydrogen-bond donors (Lipinski definition) is 0. The lowest BCUT2D eigenvalue weighted by molar-refractivity contribution is -0.132. The molecule has 0 aliphatic carbocycles. The minimum absolute atomic E-state index is 0.486. The number of rotatable bonds is 0. The van der Waals surface area contributed by atoms with E-state index in [4.69, 9.17) is 5.26 Å². The number of carbonyl (C=O) groups excluding carboxylic acids is 2. The molecule has 0 fully saturated rings. The monoisotopic (exact) mass is 122 g/mol. The zero-order chi connectivity index (χ0) is 6.85. The summed E-state index contributed by atoms with van der Waals surface area (Å²) >= 11 is 0. The van der Waals surface area contributed by atoms with Crippen LogP contribution in [0.4, 0.5) is 0 Å². The first-order valence-electron chi connectivity index (χ1n) is 2.21. The molecule has 0 aromatic rings. The van der Waals surface area contributed by atoms with Crippen molar-refractivity contribution < 1.29 is 9.59 Å². The molecule has 0 atom stereocenters. The summed E-state index contributed by atoms with van der Waals surface area (Å²) in [5, 5.41) is 8.10. The van der Waals surface area contributed by atoms with Crippen LogP contribution in [0.15, 0.2) is 12.2 Å². The van der Waals surface area contributed by atoms with Crippen LogP contribution in [-0.4, -0.2) is 16.7 Å². The summed E-state index contributed by atoms with van der Waals surface area (Å²) < 4.78 is 0. The first-order chi connectivity index (χ1) is 4.25. The third-order valence-corrected chi connectivity index (χ3v) is 0.909. The van der Waals surface area contributed by atoms with E-state index in [0.29, 0.717) is 4.90 Å². The number of imide groups is 1. The maximum atomic E-state index is 10.4. The largest absolute Gasteiger partial charge is 0.268 e. The Hall–Kier alpha value is -1.63. The highest BCUT2D eigenvalue weighted by molar-refractivity contribution is 6.14. The number of carbonyl (C=O) groups is 2. The van der Waals surface area contributed by atoms with Gasteiger partial charge in [0.1, 0.15) is 0 Å². The highest BCUT2D eigenvalue weighted by Gasteiger charge is 2.22. The summed E-state index contributed by atoms with van der Waals surface area (Å²) in [4.78, 5) is 21.3. The van der Waals surface area contributed by atoms with Gasteiger partial charge in [-0.1, -0.05) is 0 Å². The zero-order valence-corrected chi connectivity index (χ0v) is 4.37. The molecule has 4 heteroatoms. The van der Waals surface area contributed by atoms with Crippen molar-refractivity contribution in [2.45, 2.75) is 0 Å². The van der Waals surface area contributed by atoms with Crippen LogP contribution < -0.4 is 0 Å². The molecule has 1 heterocycles. The Bertz CT molecular complexity index is 218. The highest BCUT2D eigenvalue weighted by atomic mass is 16.2. The number of nitriles is 1. The van der Waals surface area contributed by atoms with Crippen molar-refractivity contribution in [1.29, 1.82) is 5.26 Å². The third-order valence-electron chi connectivity index (χ3n) is 0.909. The van der Waals surface area contributed by atoms with Crippen LogP contribution in [-0.2, 0) is 9.59 Å². The fourth-order valence-electron chi connectivity index (χ4n) is 0.499. The lowest BCUT2D eigenvalue weighted by atomic mass is 10.6. The van der Waals surface area contributed by atoms with E-state index < -0.39 is 11.8 Å². The Balaban J connectivity index is 2.91. The summed E-state index contributed by atoms with van der Waals surface area (Å²) in [6.45, 7) is 0. The molecule has 2 amide bonds. The molecular weight excluding hydrogens is 120 g/mol. The Labute approximate surface area is 51.0 Å². The van der Waals surface area contributed by atoms with Crippen molar-refractivity contribution in [2.75, 3.05) is 0 Å². The third kappa shape index (κ3) is 0.681. The van der Waals surface area contributed by atoms with Gasteiger partial charge in [0.05, 0.1) is 0 Å². The minimum Gasteiger partial charge on any atom is -0.268 e. The van der Waals surface area contributed by atoms with Crippen LogP contribution in [0.1, 0.15) is 0 Å². The second-order valence-electron chi connectivity index (χ2n) is 1.45. The van der Waals surface area contributed by atoms with E-state index in [0.717, 1.165) is 12.2 Å². The van der Waals surface area contributed by atoms with E-state index in [2.05, 4.69) is 0 Å². The lowest BCUT2D eigenvalue weighted by Crippen LogP contribution is -2.23. The smallest absolute Gasteiger partial charge is 0.267 e. The van der Waals surface area contributed by atoms with Gasteiger partial charge in [-0.05, 0) is 0 Å². The van der Waals surface area contributed by atoms with Crippen LogP contribution in [0.3, 0.4) is 0 Å². The summed E-state index contributed by atoms with van der Waals surface area (Å²) in [5.74, 6) is -1.13. The normalized spacial score (nSPS) is 16.6. The molecule has 0 radical (unpaired) electrons. The first-order valence-corrected chi connectivity index (χ1v) is 2.21. The van der Waals surface area contributed by atoms with Gasteiger partial charge < -0.3 is 0 Å². The van der Waals surface area contributed by atoms with Crippen molar-refractivity contribution in [1.82, 2.24) is 4.90 Å². The molecule has 0 aromatic carbocycles. The van der Waals surface area contributed by atoms with Gasteiger partial charge in [0, 0.05) is 12.2 Å². The number of amides is 2. The van der Waals surface area contributed by atoms with Crippen LogP contribution in [0.2, 0.25) is 0 Å². The average molecular weight is 122 g/mol. The van der Waals surface area contributed by atoms with E-state index in [1.54, 1.807) is 0 Å². The maximum absolute atomic E-state index is 10.4. The van der Waals surface area contributed by atoms with E-state index in [1.807, 2.05) is 0 Å². The summed E-state index contributed by atoms with van der Waals surface area (Å²) in [5.41, 5.74) is 0. The van der Waals surface area contributed by atoms with Gasteiger partial charge in [0.25, 0.3) is 11.8 Å². The Morgan fingerprint density at radius 3 is 2.00 bits per heavy atom. The van der Waals surface area contributed by atoms with E-state index in [-0.39, 0.29) is 0 Å². The Morgan fingerprint density at radius 2 is 1.78 bits per heavy atom. The molecule has 0 spiro atoms. The quantitative estimate of drug-likeness (QED) is 0.318. The highest BCUT2D eigenvalue weighted by Crippen LogP contribution is 1.99. The fraction of sp³-hybridized carbons (Fsp3) is 0. The first kappa shape index (κ1) is 5.51. The summed E-state index contributed by atoms with van der Waals surface area (Å²) in [6, 6.07) is 0. The van der Waals surface area contributed by atoms with Crippen molar-refractivity contribution in [2.24, 2.45) is 0 Å². The SMILES string of the molecule is N#CN1C(=O)C=CC1=O. The molecule has 0 N–H and O–H groups in total. The van der Waals surface area contributed by atoms with Gasteiger partial charge in [-0.15, -0.1) is 0 Å². The van der Waals surface area contributed by atoms with Crippen LogP contribution in [0.5, 0.6) is 0 Å². The molecule has 1 rings (SSSR count). The van der Waals surface area contributed by atoms with Gasteiger partial charge >= 0.3 is 0 Å². The van der Waals surface area contributed by atoms with Gasteiger partial charge in [-0.25, -0.2) is 0 Å². The number of nitrogens with zero attached hydrogens (tertiary/aromatic N) is 2. The molecule has 44 valence electrons. The molecule has 9 heavy (non-hydrogen) atoms. The summed E-state index contributed by atoms with van der Waals surface area (Å²) in [7, 11) is 0.